The molecule has 6 nitrogen and oxygen atoms in total. The van der Waals surface area contributed by atoms with Crippen LogP contribution in [-0.4, -0.2) is 59.2 Å². The van der Waals surface area contributed by atoms with Crippen molar-refractivity contribution in [2.75, 3.05) is 19.6 Å². The minimum atomic E-state index is -0.693. The van der Waals surface area contributed by atoms with Crippen LogP contribution >= 0.6 is 23.2 Å². The third kappa shape index (κ3) is 4.09. The molecule has 2 atom stereocenters. The van der Waals surface area contributed by atoms with Gasteiger partial charge in [-0.15, -0.1) is 0 Å². The van der Waals surface area contributed by atoms with Gasteiger partial charge >= 0.3 is 0 Å². The van der Waals surface area contributed by atoms with Crippen molar-refractivity contribution in [3.05, 3.63) is 69.7 Å². The van der Waals surface area contributed by atoms with E-state index in [1.807, 2.05) is 30.3 Å². The Morgan fingerprint density at radius 1 is 1.03 bits per heavy atom. The molecular formula is C21H19Cl2N3O3. The van der Waals surface area contributed by atoms with Crippen molar-refractivity contribution >= 4 is 40.9 Å². The first-order chi connectivity index (χ1) is 13.9. The molecule has 0 spiro atoms. The zero-order valence-electron chi connectivity index (χ0n) is 15.5. The number of hydrogen-bond donors (Lipinski definition) is 1. The molecule has 0 aromatic heterocycles. The fraction of sp³-hybridized carbons (Fsp3) is 0.286. The van der Waals surface area contributed by atoms with Crippen LogP contribution in [0.4, 0.5) is 0 Å². The molecule has 0 bridgehead atoms. The Morgan fingerprint density at radius 3 is 2.41 bits per heavy atom. The minimum Gasteiger partial charge on any atom is -0.342 e. The molecule has 2 saturated heterocycles. The van der Waals surface area contributed by atoms with Crippen LogP contribution in [0.1, 0.15) is 15.9 Å². The van der Waals surface area contributed by atoms with Gasteiger partial charge in [0, 0.05) is 35.1 Å². The first-order valence-corrected chi connectivity index (χ1v) is 10.1. The van der Waals surface area contributed by atoms with Crippen molar-refractivity contribution in [2.24, 2.45) is 0 Å². The Labute approximate surface area is 178 Å². The van der Waals surface area contributed by atoms with Crippen molar-refractivity contribution in [1.29, 1.82) is 0 Å². The molecule has 2 aliphatic rings. The molecule has 2 fully saturated rings. The normalized spacial score (nSPS) is 21.6. The van der Waals surface area contributed by atoms with E-state index in [1.54, 1.807) is 28.0 Å². The maximum Gasteiger partial charge on any atom is 0.254 e. The second-order valence-corrected chi connectivity index (χ2v) is 8.08. The number of hydrogen-bond acceptors (Lipinski definition) is 3. The van der Waals surface area contributed by atoms with Crippen LogP contribution < -0.4 is 5.32 Å². The number of fused-ring (bicyclic) bond motifs is 1. The first kappa shape index (κ1) is 19.7. The molecule has 3 amide bonds. The third-order valence-corrected chi connectivity index (χ3v) is 5.70. The van der Waals surface area contributed by atoms with Crippen LogP contribution in [0.25, 0.3) is 0 Å². The lowest BCUT2D eigenvalue weighted by Crippen LogP contribution is -2.70. The van der Waals surface area contributed by atoms with Gasteiger partial charge in [-0.3, -0.25) is 14.4 Å². The SMILES string of the molecule is O=C1N[C@@H](Cc2ccccc2)C(=O)N2CCN(C(=O)c3cc(Cl)cc(Cl)c3)C[C@H]12. The number of halogens is 2. The number of rotatable bonds is 3. The first-order valence-electron chi connectivity index (χ1n) is 9.32. The van der Waals surface area contributed by atoms with Crippen molar-refractivity contribution in [3.8, 4) is 0 Å². The molecule has 0 unspecified atom stereocenters. The number of benzene rings is 2. The summed E-state index contributed by atoms with van der Waals surface area (Å²) in [5, 5.41) is 3.56. The summed E-state index contributed by atoms with van der Waals surface area (Å²) in [6.45, 7) is 0.789. The molecular weight excluding hydrogens is 413 g/mol. The van der Waals surface area contributed by atoms with Gasteiger partial charge in [0.2, 0.25) is 11.8 Å². The zero-order chi connectivity index (χ0) is 20.5. The molecule has 0 saturated carbocycles. The van der Waals surface area contributed by atoms with Gasteiger partial charge < -0.3 is 15.1 Å². The van der Waals surface area contributed by atoms with Crippen LogP contribution in [0.3, 0.4) is 0 Å². The lowest BCUT2D eigenvalue weighted by molar-refractivity contribution is -0.152. The van der Waals surface area contributed by atoms with E-state index in [9.17, 15) is 14.4 Å². The van der Waals surface area contributed by atoms with Gasteiger partial charge in [-0.25, -0.2) is 0 Å². The summed E-state index contributed by atoms with van der Waals surface area (Å²) in [5.74, 6) is -0.621. The second-order valence-electron chi connectivity index (χ2n) is 7.21. The molecule has 0 radical (unpaired) electrons. The second kappa shape index (κ2) is 8.05. The molecule has 1 N–H and O–H groups in total. The van der Waals surface area contributed by atoms with Crippen molar-refractivity contribution in [2.45, 2.75) is 18.5 Å². The predicted molar refractivity (Wildman–Crippen MR) is 110 cm³/mol. The molecule has 2 aliphatic heterocycles. The maximum absolute atomic E-state index is 12.9. The highest BCUT2D eigenvalue weighted by Crippen LogP contribution is 2.23. The molecule has 4 rings (SSSR count). The van der Waals surface area contributed by atoms with Gasteiger partial charge in [0.05, 0.1) is 6.54 Å². The standard InChI is InChI=1S/C21H19Cl2N3O3/c22-15-9-14(10-16(23)11-15)20(28)25-6-7-26-18(12-25)19(27)24-17(21(26)29)8-13-4-2-1-3-5-13/h1-5,9-11,17-18H,6-8,12H2,(H,24,27)/t17-,18+/m0/s1. The van der Waals surface area contributed by atoms with Crippen molar-refractivity contribution < 1.29 is 14.4 Å². The van der Waals surface area contributed by atoms with Crippen LogP contribution in [0.2, 0.25) is 10.0 Å². The number of piperazine rings is 2. The summed E-state index contributed by atoms with van der Waals surface area (Å²) < 4.78 is 0. The average molecular weight is 432 g/mol. The number of amides is 3. The molecule has 8 heteroatoms. The maximum atomic E-state index is 12.9. The van der Waals surface area contributed by atoms with Gasteiger partial charge in [0.1, 0.15) is 12.1 Å². The lowest BCUT2D eigenvalue weighted by Gasteiger charge is -2.45. The highest BCUT2D eigenvalue weighted by Gasteiger charge is 2.44. The Kier molecular flexibility index (Phi) is 5.48. The van der Waals surface area contributed by atoms with Crippen LogP contribution in [0.15, 0.2) is 48.5 Å². The van der Waals surface area contributed by atoms with Gasteiger partial charge in [-0.2, -0.15) is 0 Å². The van der Waals surface area contributed by atoms with Crippen LogP contribution in [0, 0.1) is 0 Å². The Balaban J connectivity index is 1.47. The van der Waals surface area contributed by atoms with Gasteiger partial charge in [0.15, 0.2) is 0 Å². The van der Waals surface area contributed by atoms with E-state index in [1.165, 1.54) is 0 Å². The number of nitrogens with one attached hydrogen (secondary N) is 1. The van der Waals surface area contributed by atoms with Gasteiger partial charge in [-0.1, -0.05) is 53.5 Å². The largest absolute Gasteiger partial charge is 0.342 e. The molecule has 2 aromatic carbocycles. The van der Waals surface area contributed by atoms with Crippen LogP contribution in [0.5, 0.6) is 0 Å². The predicted octanol–water partition coefficient (Wildman–Crippen LogP) is 2.39. The number of nitrogens with zero attached hydrogens (tertiary/aromatic N) is 2. The van der Waals surface area contributed by atoms with Crippen molar-refractivity contribution in [3.63, 3.8) is 0 Å². The Bertz CT molecular complexity index is 947. The van der Waals surface area contributed by atoms with Crippen molar-refractivity contribution in [1.82, 2.24) is 15.1 Å². The fourth-order valence-electron chi connectivity index (χ4n) is 3.83. The molecule has 0 aliphatic carbocycles. The van der Waals surface area contributed by atoms with E-state index >= 15 is 0 Å². The molecule has 2 heterocycles. The highest BCUT2D eigenvalue weighted by atomic mass is 35.5. The topological polar surface area (TPSA) is 69.7 Å². The summed E-state index contributed by atoms with van der Waals surface area (Å²) in [7, 11) is 0. The van der Waals surface area contributed by atoms with E-state index < -0.39 is 12.1 Å². The quantitative estimate of drug-likeness (QED) is 0.810. The lowest BCUT2D eigenvalue weighted by atomic mass is 9.98. The van der Waals surface area contributed by atoms with Crippen LogP contribution in [-0.2, 0) is 16.0 Å². The summed E-state index contributed by atoms with van der Waals surface area (Å²) >= 11 is 12.0. The third-order valence-electron chi connectivity index (χ3n) is 5.26. The molecule has 29 heavy (non-hydrogen) atoms. The van der Waals surface area contributed by atoms with E-state index in [2.05, 4.69) is 5.32 Å². The summed E-state index contributed by atoms with van der Waals surface area (Å²) in [4.78, 5) is 41.6. The van der Waals surface area contributed by atoms with E-state index in [-0.39, 0.29) is 24.3 Å². The smallest absolute Gasteiger partial charge is 0.254 e. The highest BCUT2D eigenvalue weighted by molar-refractivity contribution is 6.35. The average Bonchev–Trinajstić information content (AvgIpc) is 2.71. The fourth-order valence-corrected chi connectivity index (χ4v) is 4.36. The van der Waals surface area contributed by atoms with E-state index in [0.29, 0.717) is 35.1 Å². The van der Waals surface area contributed by atoms with Gasteiger partial charge in [-0.05, 0) is 23.8 Å². The van der Waals surface area contributed by atoms with Gasteiger partial charge in [0.25, 0.3) is 5.91 Å². The number of carbonyl (C=O) groups excluding carboxylic acids is 3. The molecule has 150 valence electrons. The summed E-state index contributed by atoms with van der Waals surface area (Å²) in [6.07, 6.45) is 0.443. The monoisotopic (exact) mass is 431 g/mol. The number of carbonyl (C=O) groups is 3. The summed E-state index contributed by atoms with van der Waals surface area (Å²) in [5.41, 5.74) is 1.34. The minimum absolute atomic E-state index is 0.114. The summed E-state index contributed by atoms with van der Waals surface area (Å²) in [6, 6.07) is 12.9. The molecule has 2 aromatic rings. The Hall–Kier alpha value is -2.57. The zero-order valence-corrected chi connectivity index (χ0v) is 17.0. The Morgan fingerprint density at radius 2 is 1.72 bits per heavy atom. The van der Waals surface area contributed by atoms with E-state index in [4.69, 9.17) is 23.2 Å². The van der Waals surface area contributed by atoms with E-state index in [0.717, 1.165) is 5.56 Å².